The first-order valence-corrected chi connectivity index (χ1v) is 6.19. The lowest BCUT2D eigenvalue weighted by Crippen LogP contribution is -1.97. The lowest BCUT2D eigenvalue weighted by molar-refractivity contribution is -0.107. The van der Waals surface area contributed by atoms with Crippen LogP contribution in [0.25, 0.3) is 5.65 Å². The van der Waals surface area contributed by atoms with Gasteiger partial charge in [0, 0.05) is 23.0 Å². The van der Waals surface area contributed by atoms with Gasteiger partial charge in [0.2, 0.25) is 0 Å². The third-order valence-electron chi connectivity index (χ3n) is 2.95. The van der Waals surface area contributed by atoms with Crippen molar-refractivity contribution in [3.63, 3.8) is 0 Å². The average molecular weight is 279 g/mol. The van der Waals surface area contributed by atoms with Gasteiger partial charge in [-0.2, -0.15) is 0 Å². The van der Waals surface area contributed by atoms with Crippen molar-refractivity contribution in [1.82, 2.24) is 9.38 Å². The summed E-state index contributed by atoms with van der Waals surface area (Å²) in [5.74, 6) is 0.577. The van der Waals surface area contributed by atoms with Gasteiger partial charge in [-0.05, 0) is 40.9 Å². The zero-order valence-corrected chi connectivity index (χ0v) is 10.3. The highest BCUT2D eigenvalue weighted by atomic mass is 79.9. The van der Waals surface area contributed by atoms with Gasteiger partial charge in [-0.1, -0.05) is 0 Å². The van der Waals surface area contributed by atoms with Crippen molar-refractivity contribution < 1.29 is 4.79 Å². The summed E-state index contributed by atoms with van der Waals surface area (Å²) < 4.78 is 3.03. The second-order valence-corrected chi connectivity index (χ2v) is 5.08. The molecule has 2 heterocycles. The molecule has 1 fully saturated rings. The number of nitrogens with zero attached hydrogens (tertiary/aromatic N) is 2. The number of aldehydes is 1. The summed E-state index contributed by atoms with van der Waals surface area (Å²) in [7, 11) is 0. The summed E-state index contributed by atoms with van der Waals surface area (Å²) in [6.07, 6.45) is 5.79. The van der Waals surface area contributed by atoms with Crippen LogP contribution in [-0.4, -0.2) is 15.7 Å². The molecule has 3 nitrogen and oxygen atoms in total. The fourth-order valence-corrected chi connectivity index (χ4v) is 2.39. The number of halogens is 1. The Balaban J connectivity index is 2.24. The minimum Gasteiger partial charge on any atom is -0.303 e. The number of hydrogen-bond donors (Lipinski definition) is 0. The van der Waals surface area contributed by atoms with E-state index in [9.17, 15) is 4.79 Å². The number of rotatable bonds is 3. The average Bonchev–Trinajstić information content (AvgIpc) is 3.05. The maximum Gasteiger partial charge on any atom is 0.137 e. The summed E-state index contributed by atoms with van der Waals surface area (Å²) in [6, 6.07) is 3.95. The number of fused-ring (bicyclic) bond motifs is 1. The normalized spacial score (nSPS) is 15.6. The van der Waals surface area contributed by atoms with Crippen LogP contribution in [0.1, 0.15) is 30.1 Å². The van der Waals surface area contributed by atoms with Crippen LogP contribution in [-0.2, 0) is 11.2 Å². The summed E-state index contributed by atoms with van der Waals surface area (Å²) in [6.45, 7) is 0. The van der Waals surface area contributed by atoms with Crippen LogP contribution in [0, 0.1) is 0 Å². The second-order valence-electron chi connectivity index (χ2n) is 4.16. The lowest BCUT2D eigenvalue weighted by atomic mass is 10.2. The van der Waals surface area contributed by atoms with Gasteiger partial charge in [-0.25, -0.2) is 4.98 Å². The number of carbonyl (C=O) groups excluding carboxylic acids is 1. The van der Waals surface area contributed by atoms with Crippen molar-refractivity contribution in [2.45, 2.75) is 25.2 Å². The van der Waals surface area contributed by atoms with E-state index in [0.717, 1.165) is 27.8 Å². The molecule has 0 aromatic carbocycles. The first-order valence-electron chi connectivity index (χ1n) is 5.39. The van der Waals surface area contributed by atoms with E-state index in [1.165, 1.54) is 12.8 Å². The predicted octanol–water partition coefficient (Wildman–Crippen LogP) is 2.72. The highest BCUT2D eigenvalue weighted by molar-refractivity contribution is 9.10. The largest absolute Gasteiger partial charge is 0.303 e. The van der Waals surface area contributed by atoms with Crippen LogP contribution in [0.4, 0.5) is 0 Å². The van der Waals surface area contributed by atoms with E-state index in [0.29, 0.717) is 12.3 Å². The molecule has 2 aromatic heterocycles. The van der Waals surface area contributed by atoms with E-state index in [1.807, 2.05) is 22.7 Å². The van der Waals surface area contributed by atoms with Crippen LogP contribution >= 0.6 is 15.9 Å². The number of carbonyl (C=O) groups is 1. The summed E-state index contributed by atoms with van der Waals surface area (Å²) in [4.78, 5) is 15.4. The zero-order valence-electron chi connectivity index (χ0n) is 8.69. The molecule has 0 unspecified atom stereocenters. The Morgan fingerprint density at radius 2 is 2.31 bits per heavy atom. The molecule has 4 heteroatoms. The van der Waals surface area contributed by atoms with Crippen molar-refractivity contribution in [3.05, 3.63) is 34.2 Å². The van der Waals surface area contributed by atoms with Crippen LogP contribution in [0.15, 0.2) is 22.8 Å². The molecule has 3 rings (SSSR count). The fourth-order valence-electron chi connectivity index (χ4n) is 2.05. The highest BCUT2D eigenvalue weighted by Gasteiger charge is 2.29. The van der Waals surface area contributed by atoms with Crippen LogP contribution in [0.2, 0.25) is 0 Å². The van der Waals surface area contributed by atoms with Crippen molar-refractivity contribution in [3.8, 4) is 0 Å². The summed E-state index contributed by atoms with van der Waals surface area (Å²) >= 11 is 3.44. The quantitative estimate of drug-likeness (QED) is 0.809. The number of imidazole rings is 1. The Bertz CT molecular complexity index is 557. The molecule has 82 valence electrons. The Morgan fingerprint density at radius 3 is 3.00 bits per heavy atom. The maximum absolute atomic E-state index is 10.7. The molecule has 1 aliphatic carbocycles. The molecule has 0 saturated heterocycles. The molecule has 0 amide bonds. The first kappa shape index (κ1) is 10.0. The highest BCUT2D eigenvalue weighted by Crippen LogP contribution is 2.41. The Morgan fingerprint density at radius 1 is 1.50 bits per heavy atom. The zero-order chi connectivity index (χ0) is 11.1. The van der Waals surface area contributed by atoms with Gasteiger partial charge in [0.1, 0.15) is 11.9 Å². The van der Waals surface area contributed by atoms with Gasteiger partial charge in [0.05, 0.1) is 11.4 Å². The minimum atomic E-state index is 0.448. The van der Waals surface area contributed by atoms with E-state index < -0.39 is 0 Å². The standard InChI is InChI=1S/C12H11BrN2O/c13-9-3-4-11-14-12(8-1-2-8)10(5-6-16)15(11)7-9/h3-4,6-8H,1-2,5H2. The Hall–Kier alpha value is -1.16. The minimum absolute atomic E-state index is 0.448. The maximum atomic E-state index is 10.7. The van der Waals surface area contributed by atoms with Crippen molar-refractivity contribution in [2.75, 3.05) is 0 Å². The van der Waals surface area contributed by atoms with Gasteiger partial charge in [-0.3, -0.25) is 0 Å². The van der Waals surface area contributed by atoms with E-state index in [2.05, 4.69) is 20.9 Å². The predicted molar refractivity (Wildman–Crippen MR) is 64.6 cm³/mol. The number of pyridine rings is 1. The Kier molecular flexibility index (Phi) is 2.32. The topological polar surface area (TPSA) is 34.4 Å². The molecule has 0 bridgehead atoms. The van der Waals surface area contributed by atoms with Crippen molar-refractivity contribution in [2.24, 2.45) is 0 Å². The molecule has 0 aliphatic heterocycles. The van der Waals surface area contributed by atoms with Crippen molar-refractivity contribution >= 4 is 27.9 Å². The first-order chi connectivity index (χ1) is 7.79. The van der Waals surface area contributed by atoms with Crippen LogP contribution in [0.3, 0.4) is 0 Å². The lowest BCUT2D eigenvalue weighted by Gasteiger charge is -2.00. The molecule has 2 aromatic rings. The molecular weight excluding hydrogens is 268 g/mol. The van der Waals surface area contributed by atoms with Gasteiger partial charge >= 0.3 is 0 Å². The van der Waals surface area contributed by atoms with Gasteiger partial charge in [0.15, 0.2) is 0 Å². The van der Waals surface area contributed by atoms with Crippen LogP contribution in [0.5, 0.6) is 0 Å². The SMILES string of the molecule is O=CCc1c(C2CC2)nc2ccc(Br)cn12. The molecular formula is C12H11BrN2O. The summed E-state index contributed by atoms with van der Waals surface area (Å²) in [5.41, 5.74) is 3.10. The Labute approximate surface area is 102 Å². The number of hydrogen-bond acceptors (Lipinski definition) is 2. The molecule has 1 aliphatic rings. The fraction of sp³-hybridized carbons (Fsp3) is 0.333. The molecule has 0 N–H and O–H groups in total. The van der Waals surface area contributed by atoms with E-state index >= 15 is 0 Å². The summed E-state index contributed by atoms with van der Waals surface area (Å²) in [5, 5.41) is 0. The van der Waals surface area contributed by atoms with Crippen LogP contribution < -0.4 is 0 Å². The van der Waals surface area contributed by atoms with Crippen molar-refractivity contribution in [1.29, 1.82) is 0 Å². The molecule has 0 spiro atoms. The second kappa shape index (κ2) is 3.70. The van der Waals surface area contributed by atoms with Gasteiger partial charge in [0.25, 0.3) is 0 Å². The number of aromatic nitrogens is 2. The molecule has 16 heavy (non-hydrogen) atoms. The van der Waals surface area contributed by atoms with E-state index in [4.69, 9.17) is 0 Å². The van der Waals surface area contributed by atoms with E-state index in [-0.39, 0.29) is 0 Å². The monoisotopic (exact) mass is 278 g/mol. The smallest absolute Gasteiger partial charge is 0.137 e. The third kappa shape index (κ3) is 1.57. The molecule has 1 saturated carbocycles. The third-order valence-corrected chi connectivity index (χ3v) is 3.42. The molecule has 0 atom stereocenters. The van der Waals surface area contributed by atoms with Gasteiger partial charge < -0.3 is 9.20 Å². The molecule has 0 radical (unpaired) electrons. The van der Waals surface area contributed by atoms with E-state index in [1.54, 1.807) is 0 Å². The van der Waals surface area contributed by atoms with Gasteiger partial charge in [-0.15, -0.1) is 0 Å².